The van der Waals surface area contributed by atoms with Crippen LogP contribution in [0.4, 0.5) is 0 Å². The molecule has 1 unspecified atom stereocenters. The topological polar surface area (TPSA) is 58.5 Å². The number of benzene rings is 1. The number of nitrogens with zero attached hydrogens (tertiary/aromatic N) is 3. The number of imidazole rings is 2. The van der Waals surface area contributed by atoms with Gasteiger partial charge in [-0.25, -0.2) is 9.97 Å². The smallest absolute Gasteiger partial charge is 0.120 e. The summed E-state index contributed by atoms with van der Waals surface area (Å²) in [6.07, 6.45) is 7.40. The highest BCUT2D eigenvalue weighted by molar-refractivity contribution is 5.36. The zero-order valence-corrected chi connectivity index (χ0v) is 12.2. The molecule has 0 aliphatic carbocycles. The summed E-state index contributed by atoms with van der Waals surface area (Å²) in [5, 5.41) is 3.45. The molecule has 5 nitrogen and oxygen atoms in total. The third kappa shape index (κ3) is 3.03. The monoisotopic (exact) mass is 281 g/mol. The van der Waals surface area contributed by atoms with E-state index in [2.05, 4.69) is 56.0 Å². The van der Waals surface area contributed by atoms with Crippen LogP contribution < -0.4 is 5.32 Å². The number of hydrogen-bond acceptors (Lipinski definition) is 3. The molecule has 0 amide bonds. The Balaban J connectivity index is 1.67. The molecule has 21 heavy (non-hydrogen) atoms. The molecule has 2 aromatic heterocycles. The molecule has 2 heterocycles. The van der Waals surface area contributed by atoms with Gasteiger partial charge >= 0.3 is 0 Å². The van der Waals surface area contributed by atoms with Crippen molar-refractivity contribution in [3.63, 3.8) is 0 Å². The van der Waals surface area contributed by atoms with Gasteiger partial charge in [0.15, 0.2) is 0 Å². The van der Waals surface area contributed by atoms with Crippen molar-refractivity contribution in [2.75, 3.05) is 0 Å². The quantitative estimate of drug-likeness (QED) is 0.756. The lowest BCUT2D eigenvalue weighted by atomic mass is 10.1. The number of nitrogens with one attached hydrogen (secondary N) is 2. The summed E-state index contributed by atoms with van der Waals surface area (Å²) in [6.45, 7) is 4.89. The molecule has 108 valence electrons. The first kappa shape index (κ1) is 13.6. The first-order valence-corrected chi connectivity index (χ1v) is 7.06. The van der Waals surface area contributed by atoms with E-state index in [9.17, 15) is 0 Å². The van der Waals surface area contributed by atoms with E-state index in [0.717, 1.165) is 23.9 Å². The fourth-order valence-corrected chi connectivity index (χ4v) is 2.34. The summed E-state index contributed by atoms with van der Waals surface area (Å²) in [7, 11) is 0. The number of rotatable bonds is 5. The van der Waals surface area contributed by atoms with Crippen molar-refractivity contribution < 1.29 is 0 Å². The minimum Gasteiger partial charge on any atom is -0.348 e. The lowest BCUT2D eigenvalue weighted by molar-refractivity contribution is 0.562. The van der Waals surface area contributed by atoms with Gasteiger partial charge in [0.05, 0.1) is 6.54 Å². The molecule has 5 heteroatoms. The van der Waals surface area contributed by atoms with E-state index < -0.39 is 0 Å². The maximum Gasteiger partial charge on any atom is 0.120 e. The number of aromatic nitrogens is 4. The molecule has 0 aliphatic heterocycles. The molecule has 0 fully saturated rings. The van der Waals surface area contributed by atoms with Crippen LogP contribution in [-0.4, -0.2) is 19.5 Å². The molecule has 0 aliphatic rings. The van der Waals surface area contributed by atoms with E-state index in [-0.39, 0.29) is 6.04 Å². The van der Waals surface area contributed by atoms with Crippen LogP contribution in [0.1, 0.15) is 30.2 Å². The van der Waals surface area contributed by atoms with Crippen molar-refractivity contribution in [3.8, 4) is 5.69 Å². The standard InChI is InChI=1S/C16H19N5/c1-12(20-11-16-18-7-8-19-16)14-3-5-15(6-4-14)21-10-9-17-13(21)2/h3-10,12,20H,11H2,1-2H3,(H,18,19). The molecule has 2 N–H and O–H groups in total. The summed E-state index contributed by atoms with van der Waals surface area (Å²) < 4.78 is 2.07. The van der Waals surface area contributed by atoms with Crippen molar-refractivity contribution in [3.05, 3.63) is 66.3 Å². The summed E-state index contributed by atoms with van der Waals surface area (Å²) in [5.41, 5.74) is 2.38. The highest BCUT2D eigenvalue weighted by Gasteiger charge is 2.06. The van der Waals surface area contributed by atoms with Crippen molar-refractivity contribution in [2.24, 2.45) is 0 Å². The predicted molar refractivity (Wildman–Crippen MR) is 82.1 cm³/mol. The van der Waals surface area contributed by atoms with E-state index in [1.807, 2.05) is 25.5 Å². The fourth-order valence-electron chi connectivity index (χ4n) is 2.34. The van der Waals surface area contributed by atoms with E-state index in [1.165, 1.54) is 5.56 Å². The van der Waals surface area contributed by atoms with Gasteiger partial charge in [0.25, 0.3) is 0 Å². The third-order valence-electron chi connectivity index (χ3n) is 3.63. The second-order valence-corrected chi connectivity index (χ2v) is 5.07. The van der Waals surface area contributed by atoms with Gasteiger partial charge in [-0.2, -0.15) is 0 Å². The first-order valence-electron chi connectivity index (χ1n) is 7.06. The Hall–Kier alpha value is -2.40. The highest BCUT2D eigenvalue weighted by atomic mass is 15.1. The second kappa shape index (κ2) is 5.93. The van der Waals surface area contributed by atoms with Crippen molar-refractivity contribution in [2.45, 2.75) is 26.4 Å². The zero-order valence-electron chi connectivity index (χ0n) is 12.2. The maximum atomic E-state index is 4.25. The maximum absolute atomic E-state index is 4.25. The molecule has 0 saturated carbocycles. The Morgan fingerprint density at radius 3 is 2.62 bits per heavy atom. The zero-order chi connectivity index (χ0) is 14.7. The molecule has 0 spiro atoms. The van der Waals surface area contributed by atoms with Crippen LogP contribution in [0.15, 0.2) is 49.1 Å². The molecule has 1 atom stereocenters. The third-order valence-corrected chi connectivity index (χ3v) is 3.63. The van der Waals surface area contributed by atoms with Gasteiger partial charge in [-0.3, -0.25) is 0 Å². The van der Waals surface area contributed by atoms with Crippen LogP contribution in [-0.2, 0) is 6.54 Å². The van der Waals surface area contributed by atoms with Crippen LogP contribution in [0.5, 0.6) is 0 Å². The molecular weight excluding hydrogens is 262 g/mol. The Kier molecular flexibility index (Phi) is 3.83. The lowest BCUT2D eigenvalue weighted by Gasteiger charge is -2.14. The van der Waals surface area contributed by atoms with Gasteiger partial charge in [-0.1, -0.05) is 12.1 Å². The normalized spacial score (nSPS) is 12.5. The van der Waals surface area contributed by atoms with Gasteiger partial charge < -0.3 is 14.9 Å². The second-order valence-electron chi connectivity index (χ2n) is 5.07. The average Bonchev–Trinajstić information content (AvgIpc) is 3.16. The Bertz CT molecular complexity index is 682. The van der Waals surface area contributed by atoms with Gasteiger partial charge in [-0.15, -0.1) is 0 Å². The predicted octanol–water partition coefficient (Wildman–Crippen LogP) is 2.75. The number of aromatic amines is 1. The van der Waals surface area contributed by atoms with Crippen molar-refractivity contribution in [1.29, 1.82) is 0 Å². The van der Waals surface area contributed by atoms with Gasteiger partial charge in [0.2, 0.25) is 0 Å². The molecule has 0 bridgehead atoms. The molecule has 0 radical (unpaired) electrons. The van der Waals surface area contributed by atoms with Crippen LogP contribution in [0.3, 0.4) is 0 Å². The Labute approximate surface area is 124 Å². The van der Waals surface area contributed by atoms with Crippen LogP contribution in [0.25, 0.3) is 5.69 Å². The van der Waals surface area contributed by atoms with Crippen LogP contribution in [0.2, 0.25) is 0 Å². The number of hydrogen-bond donors (Lipinski definition) is 2. The Morgan fingerprint density at radius 2 is 2.00 bits per heavy atom. The largest absolute Gasteiger partial charge is 0.348 e. The van der Waals surface area contributed by atoms with Crippen LogP contribution in [0, 0.1) is 6.92 Å². The van der Waals surface area contributed by atoms with E-state index >= 15 is 0 Å². The van der Waals surface area contributed by atoms with Crippen molar-refractivity contribution in [1.82, 2.24) is 24.8 Å². The fraction of sp³-hybridized carbons (Fsp3) is 0.250. The number of aryl methyl sites for hydroxylation is 1. The minimum atomic E-state index is 0.271. The van der Waals surface area contributed by atoms with Gasteiger partial charge in [-0.05, 0) is 31.5 Å². The summed E-state index contributed by atoms with van der Waals surface area (Å²) in [4.78, 5) is 11.6. The number of H-pyrrole nitrogens is 1. The van der Waals surface area contributed by atoms with E-state index in [1.54, 1.807) is 6.20 Å². The van der Waals surface area contributed by atoms with Crippen molar-refractivity contribution >= 4 is 0 Å². The van der Waals surface area contributed by atoms with Crippen LogP contribution >= 0.6 is 0 Å². The van der Waals surface area contributed by atoms with Gasteiger partial charge in [0.1, 0.15) is 11.6 Å². The Morgan fingerprint density at radius 1 is 1.19 bits per heavy atom. The SMILES string of the molecule is Cc1nccn1-c1ccc(C(C)NCc2ncc[nH]2)cc1. The minimum absolute atomic E-state index is 0.271. The lowest BCUT2D eigenvalue weighted by Crippen LogP contribution is -2.18. The molecule has 3 rings (SSSR count). The van der Waals surface area contributed by atoms with E-state index in [4.69, 9.17) is 0 Å². The molecule has 0 saturated heterocycles. The molecular formula is C16H19N5. The molecule has 3 aromatic rings. The average molecular weight is 281 g/mol. The molecule has 1 aromatic carbocycles. The summed E-state index contributed by atoms with van der Waals surface area (Å²) in [6, 6.07) is 8.81. The van der Waals surface area contributed by atoms with E-state index in [0.29, 0.717) is 0 Å². The first-order chi connectivity index (χ1) is 10.2. The summed E-state index contributed by atoms with van der Waals surface area (Å²) >= 11 is 0. The van der Waals surface area contributed by atoms with Gasteiger partial charge in [0, 0.05) is 36.5 Å². The highest BCUT2D eigenvalue weighted by Crippen LogP contribution is 2.17. The summed E-state index contributed by atoms with van der Waals surface area (Å²) in [5.74, 6) is 1.94.